The van der Waals surface area contributed by atoms with E-state index in [4.69, 9.17) is 58.6 Å². The van der Waals surface area contributed by atoms with Gasteiger partial charge in [-0.1, -0.05) is 52.5 Å². The molecule has 9 heteroatoms. The molecule has 2 aromatic carbocycles. The van der Waals surface area contributed by atoms with Crippen LogP contribution >= 0.6 is 58.6 Å². The number of amides is 2. The summed E-state index contributed by atoms with van der Waals surface area (Å²) in [6.45, 7) is 0. The molecular weight excluding hydrogens is 438 g/mol. The van der Waals surface area contributed by atoms with Gasteiger partial charge in [-0.2, -0.15) is 0 Å². The first kappa shape index (κ1) is 19.1. The molecule has 1 aliphatic rings. The zero-order valence-electron chi connectivity index (χ0n) is 12.7. The van der Waals surface area contributed by atoms with E-state index in [2.05, 4.69) is 5.32 Å². The third-order valence-corrected chi connectivity index (χ3v) is 5.07. The van der Waals surface area contributed by atoms with Crippen LogP contribution in [0, 0.1) is 0 Å². The molecule has 2 amide bonds. The van der Waals surface area contributed by atoms with Crippen LogP contribution in [0.3, 0.4) is 0 Å². The van der Waals surface area contributed by atoms with Gasteiger partial charge in [-0.25, -0.2) is 4.90 Å². The second-order valence-electron chi connectivity index (χ2n) is 5.23. The van der Waals surface area contributed by atoms with Crippen LogP contribution < -0.4 is 5.32 Å². The molecule has 4 nitrogen and oxygen atoms in total. The summed E-state index contributed by atoms with van der Waals surface area (Å²) >= 11 is 28.8. The van der Waals surface area contributed by atoms with Gasteiger partial charge in [0.25, 0.3) is 11.8 Å². The fourth-order valence-electron chi connectivity index (χ4n) is 2.27. The van der Waals surface area contributed by atoms with Crippen molar-refractivity contribution in [1.82, 2.24) is 10.2 Å². The number of nitrogens with one attached hydrogen (secondary N) is 1. The minimum atomic E-state index is -0.647. The zero-order chi connectivity index (χ0) is 19.0. The lowest BCUT2D eigenvalue weighted by molar-refractivity contribution is -0.120. The second kappa shape index (κ2) is 7.55. The number of rotatable bonds is 2. The first-order valence-corrected chi connectivity index (χ1v) is 9.01. The van der Waals surface area contributed by atoms with Gasteiger partial charge < -0.3 is 5.32 Å². The Bertz CT molecular complexity index is 991. The summed E-state index contributed by atoms with van der Waals surface area (Å²) in [6, 6.07) is 9.23. The van der Waals surface area contributed by atoms with Crippen molar-refractivity contribution in [3.8, 4) is 0 Å². The summed E-state index contributed by atoms with van der Waals surface area (Å²) in [5, 5.41) is 3.91. The van der Waals surface area contributed by atoms with Gasteiger partial charge in [-0.3, -0.25) is 9.59 Å². The van der Waals surface area contributed by atoms with Gasteiger partial charge in [-0.05, 0) is 54.2 Å². The lowest BCUT2D eigenvalue weighted by atomic mass is 10.1. The van der Waals surface area contributed by atoms with Gasteiger partial charge in [0.1, 0.15) is 5.70 Å². The smallest absolute Gasteiger partial charge is 0.283 e. The molecule has 0 radical (unpaired) electrons. The predicted octanol–water partition coefficient (Wildman–Crippen LogP) is 5.20. The van der Waals surface area contributed by atoms with Crippen LogP contribution in [0.5, 0.6) is 0 Å². The number of thiocarbonyl (C=S) groups is 1. The molecule has 0 aromatic heterocycles. The molecule has 132 valence electrons. The Labute approximate surface area is 174 Å². The van der Waals surface area contributed by atoms with E-state index in [1.54, 1.807) is 18.2 Å². The minimum Gasteiger partial charge on any atom is -0.327 e. The molecule has 0 atom stereocenters. The summed E-state index contributed by atoms with van der Waals surface area (Å²) in [7, 11) is 0. The SMILES string of the molecule is O=C1/C(=C\c2ccc(Cl)c(Cl)c2)NC(=S)N1C(=O)c1ccc(Cl)cc1Cl. The summed E-state index contributed by atoms with van der Waals surface area (Å²) in [5.41, 5.74) is 0.869. The van der Waals surface area contributed by atoms with Crippen molar-refractivity contribution in [1.29, 1.82) is 0 Å². The molecule has 1 fully saturated rings. The molecule has 26 heavy (non-hydrogen) atoms. The summed E-state index contributed by atoms with van der Waals surface area (Å²) in [4.78, 5) is 26.1. The topological polar surface area (TPSA) is 49.4 Å². The third kappa shape index (κ3) is 3.72. The highest BCUT2D eigenvalue weighted by Crippen LogP contribution is 2.26. The van der Waals surface area contributed by atoms with Crippen molar-refractivity contribution in [3.05, 3.63) is 73.3 Å². The van der Waals surface area contributed by atoms with Crippen LogP contribution in [0.4, 0.5) is 0 Å². The molecule has 0 spiro atoms. The molecule has 0 unspecified atom stereocenters. The third-order valence-electron chi connectivity index (χ3n) is 3.50. The predicted molar refractivity (Wildman–Crippen MR) is 108 cm³/mol. The molecular formula is C17H8Cl4N2O2S. The highest BCUT2D eigenvalue weighted by atomic mass is 35.5. The number of imide groups is 1. The maximum absolute atomic E-state index is 12.7. The van der Waals surface area contributed by atoms with Gasteiger partial charge in [0, 0.05) is 5.02 Å². The number of nitrogens with zero attached hydrogens (tertiary/aromatic N) is 1. The molecule has 0 bridgehead atoms. The van der Waals surface area contributed by atoms with Crippen LogP contribution in [0.1, 0.15) is 15.9 Å². The Balaban J connectivity index is 1.92. The van der Waals surface area contributed by atoms with E-state index in [1.165, 1.54) is 24.3 Å². The molecule has 2 aromatic rings. The largest absolute Gasteiger partial charge is 0.327 e. The van der Waals surface area contributed by atoms with Crippen molar-refractivity contribution in [2.24, 2.45) is 0 Å². The van der Waals surface area contributed by atoms with Crippen molar-refractivity contribution in [2.45, 2.75) is 0 Å². The van der Waals surface area contributed by atoms with Crippen LogP contribution in [0.2, 0.25) is 20.1 Å². The molecule has 1 heterocycles. The molecule has 1 saturated heterocycles. The number of halogens is 4. The van der Waals surface area contributed by atoms with Crippen LogP contribution in [0.25, 0.3) is 6.08 Å². The van der Waals surface area contributed by atoms with Crippen LogP contribution in [0.15, 0.2) is 42.1 Å². The highest BCUT2D eigenvalue weighted by Gasteiger charge is 2.37. The number of hydrogen-bond acceptors (Lipinski definition) is 3. The number of hydrogen-bond donors (Lipinski definition) is 1. The Morgan fingerprint density at radius 1 is 1.00 bits per heavy atom. The zero-order valence-corrected chi connectivity index (χ0v) is 16.6. The summed E-state index contributed by atoms with van der Waals surface area (Å²) < 4.78 is 0. The monoisotopic (exact) mass is 444 g/mol. The van der Waals surface area contributed by atoms with Gasteiger partial charge in [0.15, 0.2) is 5.11 Å². The summed E-state index contributed by atoms with van der Waals surface area (Å²) in [6.07, 6.45) is 1.52. The minimum absolute atomic E-state index is 0.0441. The van der Waals surface area contributed by atoms with E-state index in [1.807, 2.05) is 0 Å². The first-order chi connectivity index (χ1) is 12.3. The van der Waals surface area contributed by atoms with Crippen molar-refractivity contribution in [3.63, 3.8) is 0 Å². The lowest BCUT2D eigenvalue weighted by Gasteiger charge is -2.13. The number of benzene rings is 2. The van der Waals surface area contributed by atoms with Crippen LogP contribution in [-0.2, 0) is 4.79 Å². The normalized spacial score (nSPS) is 15.5. The molecule has 3 rings (SSSR count). The standard InChI is InChI=1S/C17H8Cl4N2O2S/c18-9-2-3-10(12(20)7-9)15(24)23-16(25)14(22-17(23)26)6-8-1-4-11(19)13(21)5-8/h1-7H,(H,22,26)/b14-6+. The maximum Gasteiger partial charge on any atom is 0.283 e. The van der Waals surface area contributed by atoms with E-state index < -0.39 is 11.8 Å². The highest BCUT2D eigenvalue weighted by molar-refractivity contribution is 7.80. The fourth-order valence-corrected chi connectivity index (χ4v) is 3.34. The fraction of sp³-hybridized carbons (Fsp3) is 0. The van der Waals surface area contributed by atoms with Gasteiger partial charge in [-0.15, -0.1) is 0 Å². The summed E-state index contributed by atoms with van der Waals surface area (Å²) in [5.74, 6) is -1.25. The average molecular weight is 446 g/mol. The van der Waals surface area contributed by atoms with Crippen LogP contribution in [-0.4, -0.2) is 21.8 Å². The Kier molecular flexibility index (Phi) is 5.55. The Hall–Kier alpha value is -1.63. The Morgan fingerprint density at radius 2 is 1.73 bits per heavy atom. The van der Waals surface area contributed by atoms with Gasteiger partial charge in [0.05, 0.1) is 20.6 Å². The lowest BCUT2D eigenvalue weighted by Crippen LogP contribution is -2.36. The van der Waals surface area contributed by atoms with E-state index in [-0.39, 0.29) is 21.4 Å². The quantitative estimate of drug-likeness (QED) is 0.392. The number of carbonyl (C=O) groups is 2. The first-order valence-electron chi connectivity index (χ1n) is 7.09. The van der Waals surface area contributed by atoms with E-state index in [0.717, 1.165) is 4.90 Å². The second-order valence-corrected chi connectivity index (χ2v) is 7.28. The van der Waals surface area contributed by atoms with E-state index >= 15 is 0 Å². The average Bonchev–Trinajstić information content (AvgIpc) is 2.84. The van der Waals surface area contributed by atoms with Gasteiger partial charge >= 0.3 is 0 Å². The molecule has 1 N–H and O–H groups in total. The van der Waals surface area contributed by atoms with Crippen molar-refractivity contribution >= 4 is 81.6 Å². The van der Waals surface area contributed by atoms with Crippen molar-refractivity contribution in [2.75, 3.05) is 0 Å². The van der Waals surface area contributed by atoms with Crippen molar-refractivity contribution < 1.29 is 9.59 Å². The Morgan fingerprint density at radius 3 is 2.38 bits per heavy atom. The van der Waals surface area contributed by atoms with Gasteiger partial charge in [0.2, 0.25) is 0 Å². The molecule has 0 aliphatic carbocycles. The molecule has 0 saturated carbocycles. The van der Waals surface area contributed by atoms with E-state index in [9.17, 15) is 9.59 Å². The molecule has 1 aliphatic heterocycles. The van der Waals surface area contributed by atoms with E-state index in [0.29, 0.717) is 20.6 Å². The number of carbonyl (C=O) groups excluding carboxylic acids is 2. The maximum atomic E-state index is 12.7.